The van der Waals surface area contributed by atoms with Crippen molar-refractivity contribution in [3.8, 4) is 0 Å². The van der Waals surface area contributed by atoms with Gasteiger partial charge in [-0.2, -0.15) is 0 Å². The van der Waals surface area contributed by atoms with Crippen LogP contribution in [0.15, 0.2) is 18.2 Å². The summed E-state index contributed by atoms with van der Waals surface area (Å²) in [5, 5.41) is 2.79. The fourth-order valence-corrected chi connectivity index (χ4v) is 2.51. The lowest BCUT2D eigenvalue weighted by Crippen LogP contribution is -2.55. The van der Waals surface area contributed by atoms with E-state index in [0.29, 0.717) is 25.2 Å². The van der Waals surface area contributed by atoms with Crippen LogP contribution in [0.5, 0.6) is 0 Å². The van der Waals surface area contributed by atoms with Crippen molar-refractivity contribution in [2.24, 2.45) is 0 Å². The maximum Gasteiger partial charge on any atom is 0.242 e. The minimum atomic E-state index is -0.536. The zero-order valence-electron chi connectivity index (χ0n) is 11.1. The standard InChI is InChI=1S/C14H17FN2O2/c1-3-11-14(19)16-7-8-17(11)12-6-4-5-10(15)13(12)9(2)18/h4-6,11H,3,7-8H2,1-2H3,(H,16,19). The van der Waals surface area contributed by atoms with Crippen LogP contribution in [0.1, 0.15) is 30.6 Å². The van der Waals surface area contributed by atoms with Crippen LogP contribution in [0.25, 0.3) is 0 Å². The molecule has 1 atom stereocenters. The Hall–Kier alpha value is -1.91. The quantitative estimate of drug-likeness (QED) is 0.846. The van der Waals surface area contributed by atoms with Crippen LogP contribution < -0.4 is 10.2 Å². The van der Waals surface area contributed by atoms with Gasteiger partial charge < -0.3 is 10.2 Å². The van der Waals surface area contributed by atoms with E-state index in [4.69, 9.17) is 0 Å². The summed E-state index contributed by atoms with van der Waals surface area (Å²) in [5.74, 6) is -0.938. The first kappa shape index (κ1) is 13.5. The number of rotatable bonds is 3. The Balaban J connectivity index is 2.48. The summed E-state index contributed by atoms with van der Waals surface area (Å²) in [6.45, 7) is 4.32. The highest BCUT2D eigenvalue weighted by atomic mass is 19.1. The summed E-state index contributed by atoms with van der Waals surface area (Å²) < 4.78 is 13.8. The third-order valence-corrected chi connectivity index (χ3v) is 3.37. The molecule has 1 unspecified atom stereocenters. The lowest BCUT2D eigenvalue weighted by atomic mass is 10.0. The summed E-state index contributed by atoms with van der Waals surface area (Å²) in [6, 6.07) is 4.18. The number of amides is 1. The molecule has 2 rings (SSSR count). The molecule has 0 aromatic heterocycles. The van der Waals surface area contributed by atoms with Gasteiger partial charge >= 0.3 is 0 Å². The van der Waals surface area contributed by atoms with Gasteiger partial charge in [-0.3, -0.25) is 9.59 Å². The number of nitrogens with zero attached hydrogens (tertiary/aromatic N) is 1. The van der Waals surface area contributed by atoms with E-state index in [1.807, 2.05) is 11.8 Å². The Morgan fingerprint density at radius 3 is 2.89 bits per heavy atom. The minimum Gasteiger partial charge on any atom is -0.357 e. The summed E-state index contributed by atoms with van der Waals surface area (Å²) in [4.78, 5) is 25.3. The first-order chi connectivity index (χ1) is 9.06. The van der Waals surface area contributed by atoms with E-state index in [0.717, 1.165) is 0 Å². The number of hydrogen-bond acceptors (Lipinski definition) is 3. The maximum atomic E-state index is 13.8. The zero-order valence-corrected chi connectivity index (χ0v) is 11.1. The molecule has 0 aliphatic carbocycles. The van der Waals surface area contributed by atoms with Gasteiger partial charge in [0, 0.05) is 13.1 Å². The number of anilines is 1. The second-order valence-corrected chi connectivity index (χ2v) is 4.60. The van der Waals surface area contributed by atoms with Crippen molar-refractivity contribution < 1.29 is 14.0 Å². The minimum absolute atomic E-state index is 0.0654. The third kappa shape index (κ3) is 2.45. The number of benzene rings is 1. The van der Waals surface area contributed by atoms with E-state index in [1.165, 1.54) is 13.0 Å². The van der Waals surface area contributed by atoms with Crippen molar-refractivity contribution in [3.05, 3.63) is 29.6 Å². The number of piperazine rings is 1. The number of nitrogens with one attached hydrogen (secondary N) is 1. The molecule has 0 bridgehead atoms. The number of Topliss-reactive ketones (excluding diaryl/α,β-unsaturated/α-hetero) is 1. The molecule has 1 heterocycles. The molecule has 1 N–H and O–H groups in total. The lowest BCUT2D eigenvalue weighted by molar-refractivity contribution is -0.123. The van der Waals surface area contributed by atoms with Gasteiger partial charge in [-0.1, -0.05) is 13.0 Å². The fraction of sp³-hybridized carbons (Fsp3) is 0.429. The van der Waals surface area contributed by atoms with Gasteiger partial charge in [-0.25, -0.2) is 4.39 Å². The van der Waals surface area contributed by atoms with Gasteiger partial charge in [0.15, 0.2) is 5.78 Å². The largest absolute Gasteiger partial charge is 0.357 e. The van der Waals surface area contributed by atoms with E-state index in [1.54, 1.807) is 12.1 Å². The molecule has 1 fully saturated rings. The number of hydrogen-bond donors (Lipinski definition) is 1. The first-order valence-electron chi connectivity index (χ1n) is 6.40. The molecule has 5 heteroatoms. The topological polar surface area (TPSA) is 49.4 Å². The highest BCUT2D eigenvalue weighted by Crippen LogP contribution is 2.27. The molecule has 102 valence electrons. The van der Waals surface area contributed by atoms with Crippen LogP contribution >= 0.6 is 0 Å². The van der Waals surface area contributed by atoms with Crippen molar-refractivity contribution in [1.29, 1.82) is 0 Å². The molecule has 1 amide bonds. The Morgan fingerprint density at radius 1 is 1.53 bits per heavy atom. The van der Waals surface area contributed by atoms with Crippen LogP contribution in [0, 0.1) is 5.82 Å². The normalized spacial score (nSPS) is 19.2. The number of carbonyl (C=O) groups excluding carboxylic acids is 2. The Morgan fingerprint density at radius 2 is 2.26 bits per heavy atom. The lowest BCUT2D eigenvalue weighted by Gasteiger charge is -2.37. The summed E-state index contributed by atoms with van der Waals surface area (Å²) in [5.41, 5.74) is 0.574. The molecule has 19 heavy (non-hydrogen) atoms. The van der Waals surface area contributed by atoms with Crippen molar-refractivity contribution in [3.63, 3.8) is 0 Å². The van der Waals surface area contributed by atoms with Crippen molar-refractivity contribution in [1.82, 2.24) is 5.32 Å². The second-order valence-electron chi connectivity index (χ2n) is 4.60. The van der Waals surface area contributed by atoms with Gasteiger partial charge in [-0.05, 0) is 25.5 Å². The Bertz CT molecular complexity index is 516. The van der Waals surface area contributed by atoms with E-state index >= 15 is 0 Å². The summed E-state index contributed by atoms with van der Waals surface area (Å²) in [7, 11) is 0. The highest BCUT2D eigenvalue weighted by molar-refractivity contribution is 6.01. The number of ketones is 1. The number of carbonyl (C=O) groups is 2. The average molecular weight is 264 g/mol. The summed E-state index contributed by atoms with van der Waals surface area (Å²) >= 11 is 0. The molecular formula is C14H17FN2O2. The fourth-order valence-electron chi connectivity index (χ4n) is 2.51. The molecule has 0 saturated carbocycles. The molecule has 1 aliphatic rings. The molecule has 1 saturated heterocycles. The Kier molecular flexibility index (Phi) is 3.83. The maximum absolute atomic E-state index is 13.8. The molecular weight excluding hydrogens is 247 g/mol. The van der Waals surface area contributed by atoms with E-state index in [9.17, 15) is 14.0 Å². The molecule has 1 aromatic rings. The van der Waals surface area contributed by atoms with Crippen LogP contribution in [0.2, 0.25) is 0 Å². The zero-order chi connectivity index (χ0) is 14.0. The smallest absolute Gasteiger partial charge is 0.242 e. The van der Waals surface area contributed by atoms with Crippen molar-refractivity contribution in [2.45, 2.75) is 26.3 Å². The van der Waals surface area contributed by atoms with Gasteiger partial charge in [0.05, 0.1) is 11.3 Å². The molecule has 0 radical (unpaired) electrons. The first-order valence-corrected chi connectivity index (χ1v) is 6.40. The van der Waals surface area contributed by atoms with Gasteiger partial charge in [-0.15, -0.1) is 0 Å². The highest BCUT2D eigenvalue weighted by Gasteiger charge is 2.30. The SMILES string of the molecule is CCC1C(=O)NCCN1c1cccc(F)c1C(C)=O. The van der Waals surface area contributed by atoms with E-state index in [-0.39, 0.29) is 23.3 Å². The molecule has 0 spiro atoms. The predicted octanol–water partition coefficient (Wildman–Crippen LogP) is 1.74. The average Bonchev–Trinajstić information content (AvgIpc) is 2.37. The summed E-state index contributed by atoms with van der Waals surface area (Å²) in [6.07, 6.45) is 0.611. The van der Waals surface area contributed by atoms with Crippen LogP contribution in [-0.2, 0) is 4.79 Å². The van der Waals surface area contributed by atoms with E-state index < -0.39 is 5.82 Å². The molecule has 1 aromatic carbocycles. The van der Waals surface area contributed by atoms with Gasteiger partial charge in [0.2, 0.25) is 5.91 Å². The van der Waals surface area contributed by atoms with Gasteiger partial charge in [0.1, 0.15) is 11.9 Å². The van der Waals surface area contributed by atoms with Crippen LogP contribution in [0.4, 0.5) is 10.1 Å². The van der Waals surface area contributed by atoms with E-state index in [2.05, 4.69) is 5.32 Å². The third-order valence-electron chi connectivity index (χ3n) is 3.37. The molecule has 4 nitrogen and oxygen atoms in total. The van der Waals surface area contributed by atoms with Gasteiger partial charge in [0.25, 0.3) is 0 Å². The number of halogens is 1. The predicted molar refractivity (Wildman–Crippen MR) is 70.8 cm³/mol. The second kappa shape index (κ2) is 5.38. The van der Waals surface area contributed by atoms with Crippen molar-refractivity contribution in [2.75, 3.05) is 18.0 Å². The monoisotopic (exact) mass is 264 g/mol. The van der Waals surface area contributed by atoms with Crippen LogP contribution in [-0.4, -0.2) is 30.8 Å². The Labute approximate surface area is 111 Å². The van der Waals surface area contributed by atoms with Crippen molar-refractivity contribution >= 4 is 17.4 Å². The molecule has 1 aliphatic heterocycles. The van der Waals surface area contributed by atoms with Crippen LogP contribution in [0.3, 0.4) is 0 Å².